The average Bonchev–Trinajstić information content (AvgIpc) is 2.82. The van der Waals surface area contributed by atoms with Crippen molar-refractivity contribution < 1.29 is 14.0 Å². The Bertz CT molecular complexity index is 828. The van der Waals surface area contributed by atoms with Gasteiger partial charge in [0.25, 0.3) is 0 Å². The maximum Gasteiger partial charge on any atom is 0.419 e. The van der Waals surface area contributed by atoms with E-state index in [-0.39, 0.29) is 11.1 Å². The molecular formula is C21H32BrNO3Si. The molecule has 1 heterocycles. The lowest BCUT2D eigenvalue weighted by Crippen LogP contribution is -2.41. The molecule has 2 aromatic rings. The molecule has 0 aliphatic heterocycles. The molecule has 0 radical (unpaired) electrons. The zero-order chi connectivity index (χ0) is 20.6. The van der Waals surface area contributed by atoms with Gasteiger partial charge in [-0.15, -0.1) is 0 Å². The SMILES string of the molecule is CC(C)(C)OC(=O)n1cc(CCO[Si](C)(C)C(C)(C)C)c2ccc(Br)cc21. The number of rotatable bonds is 4. The minimum Gasteiger partial charge on any atom is -0.443 e. The maximum atomic E-state index is 12.7. The molecule has 4 nitrogen and oxygen atoms in total. The van der Waals surface area contributed by atoms with E-state index < -0.39 is 13.9 Å². The third-order valence-corrected chi connectivity index (χ3v) is 10.1. The molecule has 1 aromatic heterocycles. The van der Waals surface area contributed by atoms with E-state index in [1.807, 2.05) is 45.2 Å². The van der Waals surface area contributed by atoms with Gasteiger partial charge in [-0.2, -0.15) is 0 Å². The fraction of sp³-hybridized carbons (Fsp3) is 0.571. The zero-order valence-corrected chi connectivity index (χ0v) is 20.4. The van der Waals surface area contributed by atoms with Crippen LogP contribution in [0.15, 0.2) is 28.9 Å². The van der Waals surface area contributed by atoms with Crippen LogP contribution >= 0.6 is 15.9 Å². The first-order valence-electron chi connectivity index (χ1n) is 9.38. The highest BCUT2D eigenvalue weighted by molar-refractivity contribution is 9.10. The Morgan fingerprint density at radius 3 is 2.33 bits per heavy atom. The predicted molar refractivity (Wildman–Crippen MR) is 118 cm³/mol. The van der Waals surface area contributed by atoms with Gasteiger partial charge < -0.3 is 9.16 Å². The molecule has 2 rings (SSSR count). The second-order valence-electron chi connectivity index (χ2n) is 9.52. The maximum absolute atomic E-state index is 12.7. The smallest absolute Gasteiger partial charge is 0.419 e. The Labute approximate surface area is 172 Å². The van der Waals surface area contributed by atoms with Crippen LogP contribution in [-0.2, 0) is 15.6 Å². The van der Waals surface area contributed by atoms with Crippen LogP contribution in [0.2, 0.25) is 18.1 Å². The number of benzene rings is 1. The normalized spacial score (nSPS) is 13.2. The van der Waals surface area contributed by atoms with E-state index in [1.165, 1.54) is 0 Å². The van der Waals surface area contributed by atoms with E-state index in [4.69, 9.17) is 9.16 Å². The van der Waals surface area contributed by atoms with Crippen molar-refractivity contribution in [2.75, 3.05) is 6.61 Å². The van der Waals surface area contributed by atoms with E-state index >= 15 is 0 Å². The van der Waals surface area contributed by atoms with Crippen LogP contribution < -0.4 is 0 Å². The summed E-state index contributed by atoms with van der Waals surface area (Å²) < 4.78 is 14.4. The van der Waals surface area contributed by atoms with Crippen molar-refractivity contribution in [2.24, 2.45) is 0 Å². The molecule has 0 spiro atoms. The van der Waals surface area contributed by atoms with Crippen LogP contribution in [-0.4, -0.2) is 31.2 Å². The summed E-state index contributed by atoms with van der Waals surface area (Å²) in [6, 6.07) is 6.00. The number of aromatic nitrogens is 1. The first-order chi connectivity index (χ1) is 12.2. The van der Waals surface area contributed by atoms with E-state index in [2.05, 4.69) is 49.8 Å². The van der Waals surface area contributed by atoms with Gasteiger partial charge in [-0.25, -0.2) is 4.79 Å². The second kappa shape index (κ2) is 7.72. The summed E-state index contributed by atoms with van der Waals surface area (Å²) in [6.45, 7) is 17.5. The van der Waals surface area contributed by atoms with Crippen molar-refractivity contribution in [1.29, 1.82) is 0 Å². The van der Waals surface area contributed by atoms with Crippen LogP contribution in [0.5, 0.6) is 0 Å². The van der Waals surface area contributed by atoms with Crippen molar-refractivity contribution in [3.8, 4) is 0 Å². The van der Waals surface area contributed by atoms with Gasteiger partial charge in [-0.1, -0.05) is 42.8 Å². The summed E-state index contributed by atoms with van der Waals surface area (Å²) in [6.07, 6.45) is 2.29. The highest BCUT2D eigenvalue weighted by Gasteiger charge is 2.37. The summed E-state index contributed by atoms with van der Waals surface area (Å²) >= 11 is 3.50. The number of carbonyl (C=O) groups is 1. The van der Waals surface area contributed by atoms with Crippen LogP contribution in [0.25, 0.3) is 10.9 Å². The number of hydrogen-bond donors (Lipinski definition) is 0. The summed E-state index contributed by atoms with van der Waals surface area (Å²) in [5.41, 5.74) is 1.41. The molecule has 1 aromatic carbocycles. The summed E-state index contributed by atoms with van der Waals surface area (Å²) in [5.74, 6) is 0. The first kappa shape index (κ1) is 22.2. The van der Waals surface area contributed by atoms with Gasteiger partial charge >= 0.3 is 6.09 Å². The molecule has 0 fully saturated rings. The lowest BCUT2D eigenvalue weighted by atomic mass is 10.1. The van der Waals surface area contributed by atoms with Crippen molar-refractivity contribution in [3.63, 3.8) is 0 Å². The Morgan fingerprint density at radius 1 is 1.15 bits per heavy atom. The Hall–Kier alpha value is -1.11. The molecule has 0 atom stereocenters. The molecule has 0 saturated carbocycles. The summed E-state index contributed by atoms with van der Waals surface area (Å²) in [5, 5.41) is 1.24. The van der Waals surface area contributed by atoms with E-state index in [9.17, 15) is 4.79 Å². The lowest BCUT2D eigenvalue weighted by molar-refractivity contribution is 0.0544. The molecule has 0 N–H and O–H groups in total. The topological polar surface area (TPSA) is 40.5 Å². The van der Waals surface area contributed by atoms with Gasteiger partial charge in [0.15, 0.2) is 8.32 Å². The number of fused-ring (bicyclic) bond motifs is 1. The van der Waals surface area contributed by atoms with Crippen molar-refractivity contribution in [3.05, 3.63) is 34.4 Å². The third-order valence-electron chi connectivity index (χ3n) is 5.08. The van der Waals surface area contributed by atoms with Crippen molar-refractivity contribution >= 4 is 41.2 Å². The molecular weight excluding hydrogens is 422 g/mol. The van der Waals surface area contributed by atoms with Crippen molar-refractivity contribution in [2.45, 2.75) is 71.7 Å². The number of nitrogens with zero attached hydrogens (tertiary/aromatic N) is 1. The lowest BCUT2D eigenvalue weighted by Gasteiger charge is -2.36. The van der Waals surface area contributed by atoms with Gasteiger partial charge in [-0.05, 0) is 63.0 Å². The van der Waals surface area contributed by atoms with E-state index in [0.717, 1.165) is 27.4 Å². The van der Waals surface area contributed by atoms with Gasteiger partial charge in [0.05, 0.1) is 5.52 Å². The third kappa shape index (κ3) is 5.45. The molecule has 0 amide bonds. The summed E-state index contributed by atoms with van der Waals surface area (Å²) in [7, 11) is -1.79. The Balaban J connectivity index is 2.29. The molecule has 0 aliphatic carbocycles. The summed E-state index contributed by atoms with van der Waals surface area (Å²) in [4.78, 5) is 12.7. The Kier molecular flexibility index (Phi) is 6.34. The van der Waals surface area contributed by atoms with Gasteiger partial charge in [0.2, 0.25) is 0 Å². The largest absolute Gasteiger partial charge is 0.443 e. The van der Waals surface area contributed by atoms with Crippen LogP contribution in [0.3, 0.4) is 0 Å². The molecule has 0 bridgehead atoms. The molecule has 0 saturated heterocycles. The minimum atomic E-state index is -1.79. The van der Waals surface area contributed by atoms with Gasteiger partial charge in [-0.3, -0.25) is 4.57 Å². The molecule has 27 heavy (non-hydrogen) atoms. The van der Waals surface area contributed by atoms with Gasteiger partial charge in [0, 0.05) is 22.7 Å². The van der Waals surface area contributed by atoms with Crippen molar-refractivity contribution in [1.82, 2.24) is 4.57 Å². The fourth-order valence-corrected chi connectivity index (χ4v) is 3.96. The van der Waals surface area contributed by atoms with Crippen LogP contribution in [0.4, 0.5) is 4.79 Å². The highest BCUT2D eigenvalue weighted by Crippen LogP contribution is 2.36. The van der Waals surface area contributed by atoms with Crippen LogP contribution in [0, 0.1) is 0 Å². The zero-order valence-electron chi connectivity index (χ0n) is 17.8. The number of halogens is 1. The monoisotopic (exact) mass is 453 g/mol. The highest BCUT2D eigenvalue weighted by atomic mass is 79.9. The minimum absolute atomic E-state index is 0.183. The van der Waals surface area contributed by atoms with Gasteiger partial charge in [0.1, 0.15) is 5.60 Å². The molecule has 150 valence electrons. The standard InChI is InChI=1S/C21H32BrNO3Si/c1-20(2,3)26-19(24)23-14-15(17-10-9-16(22)13-18(17)23)11-12-25-27(7,8)21(4,5)6/h9-10,13-14H,11-12H2,1-8H3. The molecule has 6 heteroatoms. The Morgan fingerprint density at radius 2 is 1.78 bits per heavy atom. The quantitative estimate of drug-likeness (QED) is 0.480. The fourth-order valence-electron chi connectivity index (χ4n) is 2.56. The molecule has 0 aliphatic rings. The number of hydrogen-bond acceptors (Lipinski definition) is 3. The second-order valence-corrected chi connectivity index (χ2v) is 15.2. The van der Waals surface area contributed by atoms with E-state index in [0.29, 0.717) is 6.61 Å². The van der Waals surface area contributed by atoms with Crippen LogP contribution in [0.1, 0.15) is 47.1 Å². The van der Waals surface area contributed by atoms with E-state index in [1.54, 1.807) is 4.57 Å². The first-order valence-corrected chi connectivity index (χ1v) is 13.1. The average molecular weight is 454 g/mol. The predicted octanol–water partition coefficient (Wildman–Crippen LogP) is 6.75. The number of carbonyl (C=O) groups excluding carboxylic acids is 1. The number of ether oxygens (including phenoxy) is 1. The molecule has 0 unspecified atom stereocenters.